The topological polar surface area (TPSA) is 40.6 Å². The summed E-state index contributed by atoms with van der Waals surface area (Å²) >= 11 is 6.10. The molecule has 2 aliphatic heterocycles. The molecule has 1 unspecified atom stereocenters. The third-order valence-electron chi connectivity index (χ3n) is 4.54. The van der Waals surface area contributed by atoms with E-state index in [1.807, 2.05) is 6.92 Å². The van der Waals surface area contributed by atoms with Crippen molar-refractivity contribution in [3.63, 3.8) is 0 Å². The predicted molar refractivity (Wildman–Crippen MR) is 78.5 cm³/mol. The molecule has 2 rings (SSSR count). The highest BCUT2D eigenvalue weighted by Crippen LogP contribution is 2.27. The molecule has 1 atom stereocenters. The van der Waals surface area contributed by atoms with Gasteiger partial charge in [-0.2, -0.15) is 17.0 Å². The zero-order valence-electron chi connectivity index (χ0n) is 11.9. The third-order valence-corrected chi connectivity index (χ3v) is 6.94. The van der Waals surface area contributed by atoms with Crippen LogP contribution in [0.5, 0.6) is 0 Å². The lowest BCUT2D eigenvalue weighted by Gasteiger charge is -2.37. The number of piperidine rings is 2. The summed E-state index contributed by atoms with van der Waals surface area (Å²) in [5, 5.41) is 0.140. The van der Waals surface area contributed by atoms with Gasteiger partial charge in [0.15, 0.2) is 0 Å². The van der Waals surface area contributed by atoms with E-state index in [4.69, 9.17) is 11.6 Å². The Morgan fingerprint density at radius 2 is 1.42 bits per heavy atom. The molecule has 2 heterocycles. The Kier molecular flexibility index (Phi) is 5.15. The van der Waals surface area contributed by atoms with Gasteiger partial charge in [-0.05, 0) is 44.4 Å². The van der Waals surface area contributed by atoms with Crippen molar-refractivity contribution in [3.8, 4) is 0 Å². The van der Waals surface area contributed by atoms with Crippen molar-refractivity contribution in [1.29, 1.82) is 0 Å². The van der Waals surface area contributed by atoms with E-state index in [2.05, 4.69) is 6.92 Å². The Bertz CT molecular complexity index is 383. The summed E-state index contributed by atoms with van der Waals surface area (Å²) in [6, 6.07) is 0. The molecule has 0 amide bonds. The van der Waals surface area contributed by atoms with Crippen LogP contribution in [0.1, 0.15) is 39.5 Å². The van der Waals surface area contributed by atoms with Gasteiger partial charge in [0.2, 0.25) is 0 Å². The largest absolute Gasteiger partial charge is 0.281 e. The SMILES string of the molecule is CC1CCN(S(=O)(=O)N2CCC(C(C)Cl)CC2)CC1. The fourth-order valence-electron chi connectivity index (χ4n) is 2.94. The van der Waals surface area contributed by atoms with Gasteiger partial charge in [0, 0.05) is 31.6 Å². The van der Waals surface area contributed by atoms with Crippen molar-refractivity contribution in [2.45, 2.75) is 44.9 Å². The second-order valence-corrected chi connectivity index (χ2v) is 8.62. The molecule has 0 aromatic carbocycles. The van der Waals surface area contributed by atoms with Crippen LogP contribution in [0.2, 0.25) is 0 Å². The standard InChI is InChI=1S/C13H25ClN2O2S/c1-11-3-7-15(8-4-11)19(17,18)16-9-5-13(6-10-16)12(2)14/h11-13H,3-10H2,1-2H3. The summed E-state index contributed by atoms with van der Waals surface area (Å²) in [5.41, 5.74) is 0. The van der Waals surface area contributed by atoms with Crippen LogP contribution < -0.4 is 0 Å². The Hall–Kier alpha value is 0.160. The molecule has 2 fully saturated rings. The molecular formula is C13H25ClN2O2S. The second kappa shape index (κ2) is 6.29. The predicted octanol–water partition coefficient (Wildman–Crippen LogP) is 2.30. The molecule has 0 bridgehead atoms. The average molecular weight is 309 g/mol. The highest BCUT2D eigenvalue weighted by molar-refractivity contribution is 7.86. The summed E-state index contributed by atoms with van der Waals surface area (Å²) in [5.74, 6) is 1.10. The molecular weight excluding hydrogens is 284 g/mol. The molecule has 112 valence electrons. The summed E-state index contributed by atoms with van der Waals surface area (Å²) in [6.07, 6.45) is 3.73. The molecule has 4 nitrogen and oxygen atoms in total. The van der Waals surface area contributed by atoms with Crippen molar-refractivity contribution in [1.82, 2.24) is 8.61 Å². The lowest BCUT2D eigenvalue weighted by molar-refractivity contribution is 0.230. The smallest absolute Gasteiger partial charge is 0.195 e. The zero-order chi connectivity index (χ0) is 14.0. The van der Waals surface area contributed by atoms with Gasteiger partial charge in [0.1, 0.15) is 0 Å². The van der Waals surface area contributed by atoms with Gasteiger partial charge < -0.3 is 0 Å². The minimum atomic E-state index is -3.23. The van der Waals surface area contributed by atoms with Crippen molar-refractivity contribution < 1.29 is 8.42 Å². The number of alkyl halides is 1. The quantitative estimate of drug-likeness (QED) is 0.751. The van der Waals surface area contributed by atoms with Crippen LogP contribution in [0.15, 0.2) is 0 Å². The van der Waals surface area contributed by atoms with E-state index in [-0.39, 0.29) is 5.38 Å². The van der Waals surface area contributed by atoms with Gasteiger partial charge in [0.25, 0.3) is 10.2 Å². The first-order valence-corrected chi connectivity index (χ1v) is 9.14. The third kappa shape index (κ3) is 3.63. The fraction of sp³-hybridized carbons (Fsp3) is 1.00. The van der Waals surface area contributed by atoms with E-state index in [0.29, 0.717) is 38.0 Å². The summed E-state index contributed by atoms with van der Waals surface area (Å²) < 4.78 is 28.4. The maximum Gasteiger partial charge on any atom is 0.281 e. The zero-order valence-corrected chi connectivity index (χ0v) is 13.5. The van der Waals surface area contributed by atoms with Crippen LogP contribution in [-0.4, -0.2) is 48.6 Å². The van der Waals surface area contributed by atoms with E-state index < -0.39 is 10.2 Å². The monoisotopic (exact) mass is 308 g/mol. The van der Waals surface area contributed by atoms with Gasteiger partial charge in [-0.15, -0.1) is 11.6 Å². The number of hydrogen-bond donors (Lipinski definition) is 0. The Labute approximate surface area is 122 Å². The van der Waals surface area contributed by atoms with Gasteiger partial charge in [0.05, 0.1) is 0 Å². The van der Waals surface area contributed by atoms with Crippen LogP contribution in [0.3, 0.4) is 0 Å². The number of hydrogen-bond acceptors (Lipinski definition) is 2. The number of halogens is 1. The van der Waals surface area contributed by atoms with Gasteiger partial charge >= 0.3 is 0 Å². The van der Waals surface area contributed by atoms with Gasteiger partial charge in [-0.1, -0.05) is 6.92 Å². The molecule has 6 heteroatoms. The molecule has 2 saturated heterocycles. The Balaban J connectivity index is 1.94. The Morgan fingerprint density at radius 3 is 1.84 bits per heavy atom. The minimum Gasteiger partial charge on any atom is -0.195 e. The molecule has 0 N–H and O–H groups in total. The maximum atomic E-state index is 12.5. The van der Waals surface area contributed by atoms with E-state index in [9.17, 15) is 8.42 Å². The Morgan fingerprint density at radius 1 is 1.00 bits per heavy atom. The van der Waals surface area contributed by atoms with Crippen LogP contribution >= 0.6 is 11.6 Å². The van der Waals surface area contributed by atoms with Crippen molar-refractivity contribution in [2.24, 2.45) is 11.8 Å². The van der Waals surface area contributed by atoms with Gasteiger partial charge in [-0.25, -0.2) is 0 Å². The summed E-state index contributed by atoms with van der Waals surface area (Å²) in [6.45, 7) is 6.79. The normalized spacial score (nSPS) is 27.5. The van der Waals surface area contributed by atoms with Crippen molar-refractivity contribution in [3.05, 3.63) is 0 Å². The molecule has 19 heavy (non-hydrogen) atoms. The minimum absolute atomic E-state index is 0.140. The molecule has 0 saturated carbocycles. The highest BCUT2D eigenvalue weighted by atomic mass is 35.5. The van der Waals surface area contributed by atoms with E-state index >= 15 is 0 Å². The first-order chi connectivity index (χ1) is 8.91. The lowest BCUT2D eigenvalue weighted by atomic mass is 9.95. The lowest BCUT2D eigenvalue weighted by Crippen LogP contribution is -2.49. The average Bonchev–Trinajstić information content (AvgIpc) is 2.39. The first-order valence-electron chi connectivity index (χ1n) is 7.30. The van der Waals surface area contributed by atoms with E-state index in [0.717, 1.165) is 25.7 Å². The fourth-order valence-corrected chi connectivity index (χ4v) is 4.87. The summed E-state index contributed by atoms with van der Waals surface area (Å²) in [7, 11) is -3.23. The molecule has 0 aromatic heterocycles. The molecule has 2 aliphatic rings. The van der Waals surface area contributed by atoms with Crippen LogP contribution in [-0.2, 0) is 10.2 Å². The number of rotatable bonds is 3. The summed E-state index contributed by atoms with van der Waals surface area (Å²) in [4.78, 5) is 0. The van der Waals surface area contributed by atoms with Crippen molar-refractivity contribution in [2.75, 3.05) is 26.2 Å². The van der Waals surface area contributed by atoms with Crippen molar-refractivity contribution >= 4 is 21.8 Å². The molecule has 0 aromatic rings. The van der Waals surface area contributed by atoms with Crippen LogP contribution in [0, 0.1) is 11.8 Å². The van der Waals surface area contributed by atoms with E-state index in [1.54, 1.807) is 8.61 Å². The first kappa shape index (κ1) is 15.5. The van der Waals surface area contributed by atoms with Crippen LogP contribution in [0.4, 0.5) is 0 Å². The molecule has 0 radical (unpaired) electrons. The highest BCUT2D eigenvalue weighted by Gasteiger charge is 2.35. The van der Waals surface area contributed by atoms with E-state index in [1.165, 1.54) is 0 Å². The molecule has 0 spiro atoms. The van der Waals surface area contributed by atoms with Crippen LogP contribution in [0.25, 0.3) is 0 Å². The number of nitrogens with zero attached hydrogens (tertiary/aromatic N) is 2. The van der Waals surface area contributed by atoms with Gasteiger partial charge in [-0.3, -0.25) is 0 Å². The maximum absolute atomic E-state index is 12.5. The second-order valence-electron chi connectivity index (χ2n) is 6.00. The molecule has 0 aliphatic carbocycles.